The number of nitrogens with zero attached hydrogens (tertiary/aromatic N) is 8. The lowest BCUT2D eigenvalue weighted by Crippen LogP contribution is -2.51. The van der Waals surface area contributed by atoms with Crippen molar-refractivity contribution in [3.8, 4) is 5.75 Å². The molecule has 3 N–H and O–H groups in total. The number of hydrogen-bond acceptors (Lipinski definition) is 12. The van der Waals surface area contributed by atoms with Gasteiger partial charge in [0.25, 0.3) is 11.5 Å². The highest BCUT2D eigenvalue weighted by Crippen LogP contribution is 2.46. The second kappa shape index (κ2) is 14.2. The maximum Gasteiger partial charge on any atom is 0.341 e. The second-order valence-electron chi connectivity index (χ2n) is 15.0. The van der Waals surface area contributed by atoms with Crippen molar-refractivity contribution in [1.29, 1.82) is 0 Å². The smallest absolute Gasteiger partial charge is 0.341 e. The molecule has 1 saturated carbocycles. The lowest BCUT2D eigenvalue weighted by Gasteiger charge is -2.39. The van der Waals surface area contributed by atoms with Gasteiger partial charge >= 0.3 is 5.97 Å². The van der Waals surface area contributed by atoms with Crippen LogP contribution in [0.25, 0.3) is 22.1 Å². The minimum atomic E-state index is -1.37. The van der Waals surface area contributed by atoms with Crippen LogP contribution in [0.4, 0.5) is 21.7 Å². The van der Waals surface area contributed by atoms with E-state index in [0.717, 1.165) is 37.3 Å². The fourth-order valence-electron chi connectivity index (χ4n) is 8.64. The molecule has 2 atom stereocenters. The number of rotatable bonds is 11. The average molecular weight is 782 g/mol. The van der Waals surface area contributed by atoms with Crippen molar-refractivity contribution in [2.24, 2.45) is 10.9 Å². The molecule has 0 bridgehead atoms. The number of H-pyrrole nitrogens is 1. The Kier molecular flexibility index (Phi) is 9.13. The number of methoxy groups -OCH3 is 1. The first kappa shape index (κ1) is 36.6. The molecule has 17 nitrogen and oxygen atoms in total. The van der Waals surface area contributed by atoms with Crippen LogP contribution < -0.4 is 25.5 Å². The number of fused-ring (bicyclic) bond motifs is 4. The van der Waals surface area contributed by atoms with E-state index < -0.39 is 28.3 Å². The van der Waals surface area contributed by atoms with E-state index in [1.807, 2.05) is 30.0 Å². The van der Waals surface area contributed by atoms with E-state index in [0.29, 0.717) is 36.4 Å². The Morgan fingerprint density at radius 2 is 1.96 bits per heavy atom. The molecule has 3 aliphatic heterocycles. The molecule has 9 rings (SSSR count). The molecular weight excluding hydrogens is 741 g/mol. The Labute approximate surface area is 323 Å². The van der Waals surface area contributed by atoms with Gasteiger partial charge in [-0.25, -0.2) is 19.2 Å². The van der Waals surface area contributed by atoms with Crippen molar-refractivity contribution < 1.29 is 33.7 Å². The predicted molar refractivity (Wildman–Crippen MR) is 206 cm³/mol. The van der Waals surface area contributed by atoms with E-state index in [-0.39, 0.29) is 90.2 Å². The summed E-state index contributed by atoms with van der Waals surface area (Å²) in [5.41, 5.74) is 1.50. The van der Waals surface area contributed by atoms with Gasteiger partial charge in [-0.3, -0.25) is 33.7 Å². The number of aliphatic hydroxyl groups excluding tert-OH is 1. The highest BCUT2D eigenvalue weighted by molar-refractivity contribution is 6.54. The summed E-state index contributed by atoms with van der Waals surface area (Å²) in [4.78, 5) is 74.3. The van der Waals surface area contributed by atoms with Gasteiger partial charge in [0.05, 0.1) is 49.9 Å². The lowest BCUT2D eigenvalue weighted by atomic mass is 9.92. The van der Waals surface area contributed by atoms with Crippen LogP contribution in [0.15, 0.2) is 51.4 Å². The molecule has 296 valence electrons. The lowest BCUT2D eigenvalue weighted by molar-refractivity contribution is -0.112. The van der Waals surface area contributed by atoms with E-state index in [1.54, 1.807) is 9.47 Å². The number of anilines is 2. The number of amides is 1. The largest absolute Gasteiger partial charge is 0.492 e. The van der Waals surface area contributed by atoms with Crippen molar-refractivity contribution in [3.05, 3.63) is 79.9 Å². The number of imidazole rings is 1. The fraction of sp³-hybridized carbons (Fsp3) is 0.410. The number of halogens is 1. The van der Waals surface area contributed by atoms with Crippen LogP contribution in [-0.4, -0.2) is 109 Å². The summed E-state index contributed by atoms with van der Waals surface area (Å²) in [6.45, 7) is 3.70. The fourth-order valence-corrected chi connectivity index (χ4v) is 8.64. The number of carboxylic acids is 1. The van der Waals surface area contributed by atoms with Gasteiger partial charge in [-0.1, -0.05) is 11.6 Å². The number of piperidine rings is 1. The quantitative estimate of drug-likeness (QED) is 0.166. The van der Waals surface area contributed by atoms with Crippen LogP contribution in [0, 0.1) is 18.7 Å². The van der Waals surface area contributed by atoms with Crippen molar-refractivity contribution in [2.45, 2.75) is 51.4 Å². The molecule has 6 heterocycles. The maximum absolute atomic E-state index is 16.3. The van der Waals surface area contributed by atoms with E-state index in [1.165, 1.54) is 24.2 Å². The SMILES string of the molecule is COc1c(N2CC3CCCN(CN4C(=O)C(=Nc5nc6c(ncn6COCCO)c(=O)[nH]5)c5cc(C)ccc54)C3C2)c(F)cc2c(=O)c(C(=O)O)cn(C3CC3)c12. The highest BCUT2D eigenvalue weighted by atomic mass is 19.1. The number of benzene rings is 2. The number of nitrogens with one attached hydrogen (secondary N) is 1. The number of aliphatic imine (C=N–C) groups is 1. The van der Waals surface area contributed by atoms with Crippen molar-refractivity contribution in [2.75, 3.05) is 56.4 Å². The van der Waals surface area contributed by atoms with Gasteiger partial charge in [-0.2, -0.15) is 4.98 Å². The van der Waals surface area contributed by atoms with Crippen LogP contribution in [0.2, 0.25) is 0 Å². The third kappa shape index (κ3) is 6.23. The molecule has 2 saturated heterocycles. The molecule has 1 aliphatic carbocycles. The number of aliphatic hydroxyl groups is 1. The van der Waals surface area contributed by atoms with Gasteiger partial charge in [-0.05, 0) is 56.7 Å². The molecule has 57 heavy (non-hydrogen) atoms. The summed E-state index contributed by atoms with van der Waals surface area (Å²) in [6.07, 6.45) is 6.11. The normalized spacial score (nSPS) is 20.3. The van der Waals surface area contributed by atoms with E-state index in [2.05, 4.69) is 24.8 Å². The number of likely N-dealkylation sites (tertiary alicyclic amines) is 1. The summed E-state index contributed by atoms with van der Waals surface area (Å²) in [6, 6.07) is 6.74. The first-order valence-corrected chi connectivity index (χ1v) is 18.9. The molecule has 3 fully saturated rings. The Bertz CT molecular complexity index is 2630. The summed E-state index contributed by atoms with van der Waals surface area (Å²) in [5, 5.41) is 18.8. The number of aryl methyl sites for hydroxylation is 1. The Morgan fingerprint density at radius 3 is 2.72 bits per heavy atom. The molecule has 2 unspecified atom stereocenters. The number of aromatic nitrogens is 5. The number of carbonyl (C=O) groups excluding carboxylic acids is 1. The standard InChI is InChI=1S/C39H40FN9O8/c1-20-5-8-27-23(12-20)29(42-39-43-35-30(36(52)44-39)41-17-47(35)19-57-11-10-50)37(53)49(27)18-45-9-3-4-21-14-46(16-28(21)45)32-26(40)13-24-31(34(32)56-2)48(22-6-7-22)15-25(33(24)51)38(54)55/h5,8,12-13,15,17,21-22,28,50H,3-4,6-7,9-11,14,16,18-19H2,1-2H3,(H,54,55)(H,43,44,52). The predicted octanol–water partition coefficient (Wildman–Crippen LogP) is 2.92. The average Bonchev–Trinajstić information content (AvgIpc) is 3.73. The third-order valence-electron chi connectivity index (χ3n) is 11.4. The molecule has 18 heteroatoms. The van der Waals surface area contributed by atoms with E-state index in [4.69, 9.17) is 14.6 Å². The zero-order valence-electron chi connectivity index (χ0n) is 31.3. The minimum absolute atomic E-state index is 0.00312. The van der Waals surface area contributed by atoms with Gasteiger partial charge in [-0.15, -0.1) is 0 Å². The van der Waals surface area contributed by atoms with Crippen LogP contribution in [0.1, 0.15) is 53.2 Å². The van der Waals surface area contributed by atoms with Gasteiger partial charge in [0.2, 0.25) is 11.4 Å². The van der Waals surface area contributed by atoms with Crippen molar-refractivity contribution in [1.82, 2.24) is 29.0 Å². The molecule has 3 aromatic heterocycles. The molecule has 1 amide bonds. The van der Waals surface area contributed by atoms with Crippen molar-refractivity contribution in [3.63, 3.8) is 0 Å². The number of carboxylic acid groups (broad SMARTS) is 1. The molecule has 0 spiro atoms. The van der Waals surface area contributed by atoms with Crippen LogP contribution in [-0.2, 0) is 16.3 Å². The van der Waals surface area contributed by atoms with E-state index >= 15 is 4.39 Å². The summed E-state index contributed by atoms with van der Waals surface area (Å²) in [5.74, 6) is -2.14. The summed E-state index contributed by atoms with van der Waals surface area (Å²) < 4.78 is 30.8. The number of aromatic carboxylic acids is 1. The summed E-state index contributed by atoms with van der Waals surface area (Å²) >= 11 is 0. The summed E-state index contributed by atoms with van der Waals surface area (Å²) in [7, 11) is 1.43. The van der Waals surface area contributed by atoms with Crippen LogP contribution >= 0.6 is 0 Å². The minimum Gasteiger partial charge on any atom is -0.492 e. The first-order valence-electron chi connectivity index (χ1n) is 18.9. The molecule has 0 radical (unpaired) electrons. The monoisotopic (exact) mass is 781 g/mol. The highest BCUT2D eigenvalue weighted by Gasteiger charge is 2.44. The van der Waals surface area contributed by atoms with E-state index in [9.17, 15) is 24.3 Å². The van der Waals surface area contributed by atoms with Gasteiger partial charge in [0.1, 0.15) is 23.7 Å². The van der Waals surface area contributed by atoms with Gasteiger partial charge < -0.3 is 29.2 Å². The molecule has 4 aliphatic rings. The second-order valence-corrected chi connectivity index (χ2v) is 15.0. The molecular formula is C39H40FN9O8. The molecule has 2 aromatic carbocycles. The number of aromatic amines is 1. The Morgan fingerprint density at radius 1 is 1.14 bits per heavy atom. The Hall–Kier alpha value is -5.98. The third-order valence-corrected chi connectivity index (χ3v) is 11.4. The number of ether oxygens (including phenoxy) is 2. The van der Waals surface area contributed by atoms with Crippen LogP contribution in [0.3, 0.4) is 0 Å². The Balaban J connectivity index is 1.03. The topological polar surface area (TPSA) is 201 Å². The number of carbonyl (C=O) groups is 2. The molecule has 5 aromatic rings. The zero-order chi connectivity index (χ0) is 39.7. The van der Waals surface area contributed by atoms with Gasteiger partial charge in [0, 0.05) is 43.5 Å². The first-order chi connectivity index (χ1) is 27.6. The van der Waals surface area contributed by atoms with Crippen LogP contribution in [0.5, 0.6) is 5.75 Å². The zero-order valence-corrected chi connectivity index (χ0v) is 31.3. The van der Waals surface area contributed by atoms with Gasteiger partial charge in [0.15, 0.2) is 22.7 Å². The number of pyridine rings is 1. The number of hydrogen-bond donors (Lipinski definition) is 3. The maximum atomic E-state index is 16.3. The van der Waals surface area contributed by atoms with Crippen molar-refractivity contribution >= 4 is 57.0 Å².